The average molecular weight is 663 g/mol. The maximum Gasteiger partial charge on any atom is 0.358 e. The predicted octanol–water partition coefficient (Wildman–Crippen LogP) is 5.59. The second-order valence-electron chi connectivity index (χ2n) is 8.46. The summed E-state index contributed by atoms with van der Waals surface area (Å²) < 4.78 is 10.1. The fourth-order valence-electron chi connectivity index (χ4n) is 3.81. The zero-order valence-corrected chi connectivity index (χ0v) is 24.2. The van der Waals surface area contributed by atoms with E-state index in [-0.39, 0.29) is 11.4 Å². The molecular weight excluding hydrogens is 642 g/mol. The van der Waals surface area contributed by atoms with Gasteiger partial charge in [0.1, 0.15) is 0 Å². The van der Waals surface area contributed by atoms with Crippen molar-refractivity contribution in [1.29, 1.82) is 0 Å². The molecule has 200 valence electrons. The Balaban J connectivity index is 0.000000162. The largest absolute Gasteiger partial charge is 0.461 e. The van der Waals surface area contributed by atoms with E-state index >= 15 is 0 Å². The van der Waals surface area contributed by atoms with Crippen LogP contribution in [0.15, 0.2) is 94.4 Å². The van der Waals surface area contributed by atoms with Crippen LogP contribution in [-0.4, -0.2) is 47.7 Å². The Kier molecular flexibility index (Phi) is 7.99. The number of esters is 1. The summed E-state index contributed by atoms with van der Waals surface area (Å²) in [5, 5.41) is 8.30. The summed E-state index contributed by atoms with van der Waals surface area (Å²) in [6, 6.07) is 18.9. The van der Waals surface area contributed by atoms with E-state index in [1.165, 1.54) is 0 Å². The van der Waals surface area contributed by atoms with Gasteiger partial charge in [-0.15, -0.1) is 0 Å². The molecule has 1 amide bonds. The second kappa shape index (κ2) is 11.8. The number of fused-ring (bicyclic) bond motifs is 2. The van der Waals surface area contributed by atoms with E-state index in [4.69, 9.17) is 10.5 Å². The monoisotopic (exact) mass is 661 g/mol. The Morgan fingerprint density at radius 2 is 1.27 bits per heavy atom. The van der Waals surface area contributed by atoms with E-state index in [1.807, 2.05) is 60.9 Å². The molecule has 4 heterocycles. The van der Waals surface area contributed by atoms with Gasteiger partial charge >= 0.3 is 5.97 Å². The van der Waals surface area contributed by atoms with Crippen LogP contribution in [0.3, 0.4) is 0 Å². The molecular formula is C28H21Br2N7O3. The van der Waals surface area contributed by atoms with Crippen molar-refractivity contribution in [2.24, 2.45) is 5.73 Å². The summed E-state index contributed by atoms with van der Waals surface area (Å²) in [6.45, 7) is 2.08. The van der Waals surface area contributed by atoms with Crippen molar-refractivity contribution in [3.8, 4) is 22.3 Å². The highest BCUT2D eigenvalue weighted by molar-refractivity contribution is 9.10. The molecule has 12 heteroatoms. The molecule has 0 radical (unpaired) electrons. The summed E-state index contributed by atoms with van der Waals surface area (Å²) in [6.07, 6.45) is 7.15. The molecule has 0 aliphatic rings. The van der Waals surface area contributed by atoms with Crippen molar-refractivity contribution in [3.63, 3.8) is 0 Å². The van der Waals surface area contributed by atoms with Crippen molar-refractivity contribution >= 4 is 55.0 Å². The number of carbonyl (C=O) groups excluding carboxylic acids is 2. The summed E-state index contributed by atoms with van der Waals surface area (Å²) in [5.41, 5.74) is 10.7. The Morgan fingerprint density at radius 3 is 1.75 bits per heavy atom. The van der Waals surface area contributed by atoms with Gasteiger partial charge in [0, 0.05) is 57.0 Å². The van der Waals surface area contributed by atoms with E-state index in [0.29, 0.717) is 17.9 Å². The highest BCUT2D eigenvalue weighted by atomic mass is 79.9. The summed E-state index contributed by atoms with van der Waals surface area (Å²) >= 11 is 6.87. The van der Waals surface area contributed by atoms with Crippen LogP contribution in [-0.2, 0) is 4.74 Å². The number of hydrogen-bond donors (Lipinski definition) is 1. The van der Waals surface area contributed by atoms with Crippen LogP contribution in [0.25, 0.3) is 33.5 Å². The molecule has 0 aliphatic carbocycles. The molecule has 0 atom stereocenters. The molecule has 10 nitrogen and oxygen atoms in total. The zero-order valence-electron chi connectivity index (χ0n) is 21.0. The molecule has 2 N–H and O–H groups in total. The molecule has 6 aromatic rings. The number of amides is 1. The lowest BCUT2D eigenvalue weighted by Crippen LogP contribution is -2.11. The van der Waals surface area contributed by atoms with Gasteiger partial charge < -0.3 is 10.5 Å². The third-order valence-electron chi connectivity index (χ3n) is 5.68. The first-order valence-electron chi connectivity index (χ1n) is 12.0. The number of rotatable bonds is 5. The number of nitrogens with two attached hydrogens (primary N) is 1. The van der Waals surface area contributed by atoms with E-state index in [9.17, 15) is 9.59 Å². The van der Waals surface area contributed by atoms with E-state index in [0.717, 1.165) is 31.2 Å². The average Bonchev–Trinajstić information content (AvgIpc) is 3.57. The van der Waals surface area contributed by atoms with Gasteiger partial charge in [0.2, 0.25) is 0 Å². The lowest BCUT2D eigenvalue weighted by Gasteiger charge is -2.02. The number of nitrogens with zero attached hydrogens (tertiary/aromatic N) is 6. The summed E-state index contributed by atoms with van der Waals surface area (Å²) in [4.78, 5) is 31.4. The minimum Gasteiger partial charge on any atom is -0.461 e. The van der Waals surface area contributed by atoms with Crippen LogP contribution >= 0.6 is 31.9 Å². The number of ether oxygens (including phenoxy) is 1. The maximum absolute atomic E-state index is 11.7. The smallest absolute Gasteiger partial charge is 0.358 e. The third-order valence-corrected chi connectivity index (χ3v) is 6.67. The van der Waals surface area contributed by atoms with Gasteiger partial charge in [-0.25, -0.2) is 23.8 Å². The van der Waals surface area contributed by atoms with Crippen LogP contribution < -0.4 is 5.73 Å². The molecule has 0 aliphatic heterocycles. The molecule has 4 aromatic heterocycles. The Morgan fingerprint density at radius 1 is 0.775 bits per heavy atom. The van der Waals surface area contributed by atoms with Gasteiger partial charge in [-0.1, -0.05) is 56.1 Å². The fraction of sp³-hybridized carbons (Fsp3) is 0.0714. The maximum atomic E-state index is 11.7. The molecule has 0 fully saturated rings. The molecule has 0 bridgehead atoms. The lowest BCUT2D eigenvalue weighted by atomic mass is 10.1. The lowest BCUT2D eigenvalue weighted by molar-refractivity contribution is 0.0519. The Labute approximate surface area is 245 Å². The number of carbonyl (C=O) groups is 2. The topological polar surface area (TPSA) is 130 Å². The minimum absolute atomic E-state index is 0.207. The number of halogens is 2. The number of hydrogen-bond acceptors (Lipinski definition) is 7. The Bertz CT molecular complexity index is 1870. The molecule has 0 saturated carbocycles. The first-order chi connectivity index (χ1) is 19.3. The molecule has 0 spiro atoms. The van der Waals surface area contributed by atoms with Gasteiger partial charge in [-0.3, -0.25) is 4.79 Å². The van der Waals surface area contributed by atoms with Crippen LogP contribution in [0.1, 0.15) is 27.9 Å². The highest BCUT2D eigenvalue weighted by Gasteiger charge is 2.13. The second-order valence-corrected chi connectivity index (χ2v) is 10.3. The van der Waals surface area contributed by atoms with Crippen molar-refractivity contribution in [3.05, 3.63) is 106 Å². The van der Waals surface area contributed by atoms with Crippen molar-refractivity contribution in [2.75, 3.05) is 6.61 Å². The number of aromatic nitrogens is 6. The van der Waals surface area contributed by atoms with Gasteiger partial charge in [-0.05, 0) is 42.3 Å². The normalized spacial score (nSPS) is 10.8. The van der Waals surface area contributed by atoms with Crippen LogP contribution in [0.5, 0.6) is 0 Å². The number of benzene rings is 2. The quantitative estimate of drug-likeness (QED) is 0.238. The van der Waals surface area contributed by atoms with Crippen molar-refractivity contribution in [1.82, 2.24) is 29.2 Å². The summed E-state index contributed by atoms with van der Waals surface area (Å²) in [5.74, 6) is -0.999. The standard InChI is InChI=1S/C15H12BrN3O2.C13H9BrN4O/c1-2-21-15(20)13-7-14-17-8-11(9-19(14)18-13)10-4-3-5-12(16)6-10;14-10-3-1-2-8(4-10)9-6-16-12-5-11(13(15)19)17-18(12)7-9/h3-9H,2H2,1H3;1-7H,(H2,15,19). The molecule has 2 aromatic carbocycles. The van der Waals surface area contributed by atoms with E-state index < -0.39 is 11.9 Å². The molecule has 40 heavy (non-hydrogen) atoms. The van der Waals surface area contributed by atoms with Crippen molar-refractivity contribution < 1.29 is 14.3 Å². The highest BCUT2D eigenvalue weighted by Crippen LogP contribution is 2.24. The van der Waals surface area contributed by atoms with Crippen LogP contribution in [0.2, 0.25) is 0 Å². The molecule has 6 rings (SSSR count). The van der Waals surface area contributed by atoms with Crippen LogP contribution in [0.4, 0.5) is 0 Å². The minimum atomic E-state index is -0.561. The number of primary amides is 1. The fourth-order valence-corrected chi connectivity index (χ4v) is 4.61. The Hall–Kier alpha value is -4.42. The third kappa shape index (κ3) is 6.08. The first-order valence-corrected chi connectivity index (χ1v) is 13.6. The van der Waals surface area contributed by atoms with Crippen molar-refractivity contribution in [2.45, 2.75) is 6.92 Å². The van der Waals surface area contributed by atoms with Gasteiger partial charge in [0.25, 0.3) is 5.91 Å². The summed E-state index contributed by atoms with van der Waals surface area (Å²) in [7, 11) is 0. The van der Waals surface area contributed by atoms with E-state index in [2.05, 4.69) is 52.0 Å². The zero-order chi connectivity index (χ0) is 28.2. The SMILES string of the molecule is CCOC(=O)c1cc2ncc(-c3cccc(Br)c3)cn2n1.NC(=O)c1cc2ncc(-c3cccc(Br)c3)cn2n1. The first kappa shape index (κ1) is 27.2. The van der Waals surface area contributed by atoms with E-state index in [1.54, 1.807) is 40.5 Å². The molecule has 0 unspecified atom stereocenters. The van der Waals surface area contributed by atoms with Gasteiger partial charge in [-0.2, -0.15) is 10.2 Å². The van der Waals surface area contributed by atoms with Gasteiger partial charge in [0.15, 0.2) is 22.7 Å². The van der Waals surface area contributed by atoms with Crippen LogP contribution in [0, 0.1) is 0 Å². The molecule has 0 saturated heterocycles. The van der Waals surface area contributed by atoms with Gasteiger partial charge in [0.05, 0.1) is 6.61 Å². The predicted molar refractivity (Wildman–Crippen MR) is 157 cm³/mol.